The summed E-state index contributed by atoms with van der Waals surface area (Å²) >= 11 is 7.92. The average molecular weight is 410 g/mol. The number of para-hydroxylation sites is 2. The fourth-order valence-electron chi connectivity index (χ4n) is 3.11. The fraction of sp³-hybridized carbons (Fsp3) is 0.136. The van der Waals surface area contributed by atoms with Crippen molar-refractivity contribution < 1.29 is 4.74 Å². The van der Waals surface area contributed by atoms with Crippen LogP contribution in [0.2, 0.25) is 5.02 Å². The van der Waals surface area contributed by atoms with Gasteiger partial charge in [-0.05, 0) is 41.3 Å². The molecule has 0 bridgehead atoms. The third-order valence-corrected chi connectivity index (χ3v) is 5.78. The minimum absolute atomic E-state index is 0.530. The summed E-state index contributed by atoms with van der Waals surface area (Å²) in [7, 11) is 1.68. The van der Waals surface area contributed by atoms with Crippen molar-refractivity contribution in [3.63, 3.8) is 0 Å². The molecule has 6 heteroatoms. The molecule has 1 aliphatic rings. The van der Waals surface area contributed by atoms with E-state index in [1.165, 1.54) is 5.56 Å². The molecule has 0 spiro atoms. The Labute approximate surface area is 174 Å². The highest BCUT2D eigenvalue weighted by atomic mass is 35.5. The van der Waals surface area contributed by atoms with Crippen molar-refractivity contribution >= 4 is 35.2 Å². The lowest BCUT2D eigenvalue weighted by molar-refractivity contribution is 0.410. The summed E-state index contributed by atoms with van der Waals surface area (Å²) in [6.45, 7) is 0.530. The fourth-order valence-corrected chi connectivity index (χ4v) is 4.07. The second kappa shape index (κ2) is 8.59. The number of hydrogen-bond donors (Lipinski definition) is 2. The van der Waals surface area contributed by atoms with Gasteiger partial charge in [-0.1, -0.05) is 60.1 Å². The van der Waals surface area contributed by atoms with Crippen LogP contribution < -0.4 is 14.8 Å². The van der Waals surface area contributed by atoms with Crippen LogP contribution in [-0.2, 0) is 13.0 Å². The van der Waals surface area contributed by atoms with Crippen LogP contribution in [0.5, 0.6) is 5.75 Å². The van der Waals surface area contributed by atoms with Gasteiger partial charge in [0.2, 0.25) is 5.96 Å². The molecular weight excluding hydrogens is 390 g/mol. The quantitative estimate of drug-likeness (QED) is 0.545. The maximum atomic E-state index is 6.36. The first-order valence-electron chi connectivity index (χ1n) is 8.96. The number of anilines is 1. The van der Waals surface area contributed by atoms with Gasteiger partial charge in [-0.3, -0.25) is 4.72 Å². The third-order valence-electron chi connectivity index (χ3n) is 4.55. The number of benzene rings is 3. The molecule has 2 N–H and O–H groups in total. The standard InChI is InChI=1S/C22H20ClN3OS/c1-27-19-11-5-3-8-17(19)14-24-22-25-21-16(9-6-12-20(21)28-26-22)13-15-7-2-4-10-18(15)23/h2-12H,13-14H2,1H3,(H2,24,25,26). The molecule has 1 aliphatic heterocycles. The van der Waals surface area contributed by atoms with Gasteiger partial charge in [0.25, 0.3) is 0 Å². The second-order valence-corrected chi connectivity index (χ2v) is 7.62. The smallest absolute Gasteiger partial charge is 0.206 e. The second-order valence-electron chi connectivity index (χ2n) is 6.36. The number of methoxy groups -OCH3 is 1. The Kier molecular flexibility index (Phi) is 5.74. The molecule has 4 nitrogen and oxygen atoms in total. The number of guanidine groups is 1. The average Bonchev–Trinajstić information content (AvgIpc) is 2.74. The summed E-state index contributed by atoms with van der Waals surface area (Å²) in [5, 5.41) is 4.23. The van der Waals surface area contributed by atoms with E-state index in [0.717, 1.165) is 44.9 Å². The molecule has 3 aromatic rings. The molecule has 0 aromatic heterocycles. The van der Waals surface area contributed by atoms with Gasteiger partial charge in [0.15, 0.2) is 0 Å². The molecule has 0 saturated heterocycles. The molecule has 3 aromatic carbocycles. The topological polar surface area (TPSA) is 45.6 Å². The molecule has 0 aliphatic carbocycles. The summed E-state index contributed by atoms with van der Waals surface area (Å²) in [5.74, 6) is 1.57. The molecule has 4 rings (SSSR count). The van der Waals surface area contributed by atoms with Crippen LogP contribution in [0.1, 0.15) is 16.7 Å². The Bertz CT molecular complexity index is 1020. The van der Waals surface area contributed by atoms with Gasteiger partial charge in [0.05, 0.1) is 24.2 Å². The molecule has 0 unspecified atom stereocenters. The van der Waals surface area contributed by atoms with Crippen LogP contribution >= 0.6 is 23.5 Å². The van der Waals surface area contributed by atoms with E-state index in [1.807, 2.05) is 42.5 Å². The van der Waals surface area contributed by atoms with Crippen molar-refractivity contribution in [1.82, 2.24) is 4.72 Å². The molecule has 28 heavy (non-hydrogen) atoms. The number of halogens is 1. The first kappa shape index (κ1) is 18.7. The van der Waals surface area contributed by atoms with Crippen LogP contribution in [0.4, 0.5) is 5.69 Å². The number of nitrogens with zero attached hydrogens (tertiary/aromatic N) is 1. The van der Waals surface area contributed by atoms with Crippen molar-refractivity contribution in [2.75, 3.05) is 12.4 Å². The largest absolute Gasteiger partial charge is 0.496 e. The van der Waals surface area contributed by atoms with Crippen LogP contribution in [0, 0.1) is 0 Å². The summed E-state index contributed by atoms with van der Waals surface area (Å²) in [4.78, 5) is 5.83. The summed E-state index contributed by atoms with van der Waals surface area (Å²) in [5.41, 5.74) is 4.41. The predicted octanol–water partition coefficient (Wildman–Crippen LogP) is 5.52. The number of nitrogens with one attached hydrogen (secondary N) is 2. The lowest BCUT2D eigenvalue weighted by atomic mass is 10.0. The van der Waals surface area contributed by atoms with Crippen molar-refractivity contribution in [3.05, 3.63) is 88.4 Å². The molecule has 0 atom stereocenters. The van der Waals surface area contributed by atoms with E-state index in [0.29, 0.717) is 6.54 Å². The number of hydrogen-bond acceptors (Lipinski definition) is 3. The van der Waals surface area contributed by atoms with E-state index in [9.17, 15) is 0 Å². The van der Waals surface area contributed by atoms with Crippen molar-refractivity contribution in [2.45, 2.75) is 17.9 Å². The summed E-state index contributed by atoms with van der Waals surface area (Å²) in [6, 6.07) is 22.2. The SMILES string of the molecule is COc1ccccc1CN=C1NSc2cccc(Cc3ccccc3Cl)c2N1. The highest BCUT2D eigenvalue weighted by molar-refractivity contribution is 7.98. The minimum atomic E-state index is 0.530. The molecule has 142 valence electrons. The van der Waals surface area contributed by atoms with Gasteiger partial charge in [0.1, 0.15) is 5.75 Å². The predicted molar refractivity (Wildman–Crippen MR) is 117 cm³/mol. The van der Waals surface area contributed by atoms with E-state index in [1.54, 1.807) is 19.1 Å². The Balaban J connectivity index is 1.57. The first-order chi connectivity index (χ1) is 13.7. The van der Waals surface area contributed by atoms with Gasteiger partial charge < -0.3 is 10.1 Å². The summed E-state index contributed by atoms with van der Waals surface area (Å²) < 4.78 is 8.68. The number of rotatable bonds is 5. The highest BCUT2D eigenvalue weighted by Crippen LogP contribution is 2.34. The zero-order valence-electron chi connectivity index (χ0n) is 15.4. The molecule has 0 amide bonds. The van der Waals surface area contributed by atoms with Crippen molar-refractivity contribution in [2.24, 2.45) is 4.99 Å². The molecule has 0 fully saturated rings. The number of ether oxygens (including phenoxy) is 1. The zero-order valence-corrected chi connectivity index (χ0v) is 17.0. The van der Waals surface area contributed by atoms with Crippen LogP contribution in [-0.4, -0.2) is 13.1 Å². The van der Waals surface area contributed by atoms with E-state index in [4.69, 9.17) is 21.3 Å². The lowest BCUT2D eigenvalue weighted by Gasteiger charge is -2.23. The van der Waals surface area contributed by atoms with Crippen molar-refractivity contribution in [1.29, 1.82) is 0 Å². The van der Waals surface area contributed by atoms with Crippen molar-refractivity contribution in [3.8, 4) is 5.75 Å². The normalized spacial score (nSPS) is 14.1. The van der Waals surface area contributed by atoms with Gasteiger partial charge in [0, 0.05) is 17.0 Å². The molecule has 0 saturated carbocycles. The number of fused-ring (bicyclic) bond motifs is 1. The lowest BCUT2D eigenvalue weighted by Crippen LogP contribution is -2.30. The maximum Gasteiger partial charge on any atom is 0.206 e. The van der Waals surface area contributed by atoms with E-state index in [-0.39, 0.29) is 0 Å². The Morgan fingerprint density at radius 2 is 1.68 bits per heavy atom. The molecular formula is C22H20ClN3OS. The Morgan fingerprint density at radius 3 is 2.50 bits per heavy atom. The van der Waals surface area contributed by atoms with Crippen LogP contribution in [0.25, 0.3) is 0 Å². The van der Waals surface area contributed by atoms with Crippen LogP contribution in [0.15, 0.2) is 76.6 Å². The Hall–Kier alpha value is -2.63. The third kappa shape index (κ3) is 4.11. The number of aliphatic imine (C=N–C) groups is 1. The van der Waals surface area contributed by atoms with Gasteiger partial charge >= 0.3 is 0 Å². The summed E-state index contributed by atoms with van der Waals surface area (Å²) in [6.07, 6.45) is 0.760. The zero-order chi connectivity index (χ0) is 19.3. The minimum Gasteiger partial charge on any atom is -0.496 e. The molecule has 0 radical (unpaired) electrons. The van der Waals surface area contributed by atoms with E-state index < -0.39 is 0 Å². The van der Waals surface area contributed by atoms with Crippen LogP contribution in [0.3, 0.4) is 0 Å². The van der Waals surface area contributed by atoms with E-state index in [2.05, 4.69) is 34.3 Å². The first-order valence-corrected chi connectivity index (χ1v) is 10.2. The maximum absolute atomic E-state index is 6.36. The Morgan fingerprint density at radius 1 is 0.929 bits per heavy atom. The van der Waals surface area contributed by atoms with Gasteiger partial charge in [-0.15, -0.1) is 0 Å². The monoisotopic (exact) mass is 409 g/mol. The highest BCUT2D eigenvalue weighted by Gasteiger charge is 2.17. The van der Waals surface area contributed by atoms with Gasteiger partial charge in [-0.25, -0.2) is 4.99 Å². The van der Waals surface area contributed by atoms with E-state index >= 15 is 0 Å². The van der Waals surface area contributed by atoms with Gasteiger partial charge in [-0.2, -0.15) is 0 Å². The molecule has 1 heterocycles.